The Balaban J connectivity index is 2.07. The van der Waals surface area contributed by atoms with Gasteiger partial charge in [0.05, 0.1) is 11.3 Å². The van der Waals surface area contributed by atoms with Crippen LogP contribution in [0.4, 0.5) is 18.9 Å². The van der Waals surface area contributed by atoms with Gasteiger partial charge in [-0.05, 0) is 30.3 Å². The molecule has 24 heavy (non-hydrogen) atoms. The standard InChI is InChI=1S/C15H10ClF3N2O3/c16-7-1-4-11(8(5-7)15(20)23)24-6-12(22)21-10-3-2-9(17)13(18)14(10)19/h1-5H,6H2,(H2,20,23)(H,21,22). The molecule has 0 spiro atoms. The summed E-state index contributed by atoms with van der Waals surface area (Å²) >= 11 is 5.73. The van der Waals surface area contributed by atoms with E-state index in [1.807, 2.05) is 5.32 Å². The molecule has 2 aromatic rings. The molecule has 0 bridgehead atoms. The molecule has 126 valence electrons. The van der Waals surface area contributed by atoms with Crippen molar-refractivity contribution in [3.8, 4) is 5.75 Å². The lowest BCUT2D eigenvalue weighted by molar-refractivity contribution is -0.118. The van der Waals surface area contributed by atoms with Crippen molar-refractivity contribution >= 4 is 29.1 Å². The molecule has 9 heteroatoms. The summed E-state index contributed by atoms with van der Waals surface area (Å²) in [6, 6.07) is 5.53. The normalized spacial score (nSPS) is 10.3. The van der Waals surface area contributed by atoms with Crippen LogP contribution in [0.2, 0.25) is 5.02 Å². The first-order valence-corrected chi connectivity index (χ1v) is 6.83. The third-order valence-electron chi connectivity index (χ3n) is 2.88. The van der Waals surface area contributed by atoms with Crippen molar-refractivity contribution in [3.63, 3.8) is 0 Å². The van der Waals surface area contributed by atoms with Gasteiger partial charge in [0.2, 0.25) is 0 Å². The fraction of sp³-hybridized carbons (Fsp3) is 0.0667. The third-order valence-corrected chi connectivity index (χ3v) is 3.11. The molecule has 0 atom stereocenters. The van der Waals surface area contributed by atoms with Gasteiger partial charge in [-0.3, -0.25) is 9.59 Å². The Labute approximate surface area is 139 Å². The molecular weight excluding hydrogens is 349 g/mol. The monoisotopic (exact) mass is 358 g/mol. The minimum atomic E-state index is -1.71. The van der Waals surface area contributed by atoms with Crippen molar-refractivity contribution in [3.05, 3.63) is 58.4 Å². The van der Waals surface area contributed by atoms with Gasteiger partial charge in [0.25, 0.3) is 11.8 Å². The molecule has 0 fully saturated rings. The number of anilines is 1. The van der Waals surface area contributed by atoms with Crippen molar-refractivity contribution in [1.82, 2.24) is 0 Å². The van der Waals surface area contributed by atoms with Crippen molar-refractivity contribution in [1.29, 1.82) is 0 Å². The molecule has 5 nitrogen and oxygen atoms in total. The fourth-order valence-electron chi connectivity index (χ4n) is 1.77. The van der Waals surface area contributed by atoms with E-state index in [4.69, 9.17) is 22.1 Å². The van der Waals surface area contributed by atoms with Crippen LogP contribution in [0.3, 0.4) is 0 Å². The molecule has 0 aromatic heterocycles. The van der Waals surface area contributed by atoms with Gasteiger partial charge in [0.15, 0.2) is 24.1 Å². The Hall–Kier alpha value is -2.74. The minimum Gasteiger partial charge on any atom is -0.483 e. The lowest BCUT2D eigenvalue weighted by atomic mass is 10.2. The number of ether oxygens (including phenoxy) is 1. The van der Waals surface area contributed by atoms with Crippen LogP contribution >= 0.6 is 11.6 Å². The highest BCUT2D eigenvalue weighted by Gasteiger charge is 2.16. The molecule has 0 aliphatic heterocycles. The lowest BCUT2D eigenvalue weighted by Crippen LogP contribution is -2.22. The molecule has 0 saturated heterocycles. The maximum atomic E-state index is 13.5. The van der Waals surface area contributed by atoms with Gasteiger partial charge in [-0.25, -0.2) is 13.2 Å². The van der Waals surface area contributed by atoms with Crippen molar-refractivity contribution < 1.29 is 27.5 Å². The number of rotatable bonds is 5. The zero-order valence-electron chi connectivity index (χ0n) is 11.9. The second kappa shape index (κ2) is 7.22. The number of nitrogens with two attached hydrogens (primary N) is 1. The van der Waals surface area contributed by atoms with Crippen LogP contribution in [0.15, 0.2) is 30.3 Å². The summed E-state index contributed by atoms with van der Waals surface area (Å²) in [6.07, 6.45) is 0. The van der Waals surface area contributed by atoms with Crippen LogP contribution in [0.1, 0.15) is 10.4 Å². The van der Waals surface area contributed by atoms with Crippen LogP contribution in [0.25, 0.3) is 0 Å². The van der Waals surface area contributed by atoms with Crippen LogP contribution in [-0.4, -0.2) is 18.4 Å². The second-order valence-corrected chi connectivity index (χ2v) is 5.00. The third kappa shape index (κ3) is 3.96. The molecule has 2 amide bonds. The highest BCUT2D eigenvalue weighted by molar-refractivity contribution is 6.31. The van der Waals surface area contributed by atoms with Gasteiger partial charge in [-0.1, -0.05) is 11.6 Å². The molecule has 0 aliphatic rings. The molecule has 0 heterocycles. The van der Waals surface area contributed by atoms with Gasteiger partial charge in [0.1, 0.15) is 5.75 Å². The van der Waals surface area contributed by atoms with Crippen LogP contribution in [-0.2, 0) is 4.79 Å². The predicted molar refractivity (Wildman–Crippen MR) is 80.4 cm³/mol. The highest BCUT2D eigenvalue weighted by Crippen LogP contribution is 2.23. The fourth-order valence-corrected chi connectivity index (χ4v) is 1.94. The maximum Gasteiger partial charge on any atom is 0.262 e. The van der Waals surface area contributed by atoms with E-state index in [0.717, 1.165) is 6.07 Å². The number of hydrogen-bond acceptors (Lipinski definition) is 3. The number of carbonyl (C=O) groups is 2. The zero-order chi connectivity index (χ0) is 17.9. The van der Waals surface area contributed by atoms with Gasteiger partial charge >= 0.3 is 0 Å². The first-order valence-electron chi connectivity index (χ1n) is 6.45. The van der Waals surface area contributed by atoms with Gasteiger partial charge < -0.3 is 15.8 Å². The molecule has 3 N–H and O–H groups in total. The maximum absolute atomic E-state index is 13.5. The average molecular weight is 359 g/mol. The van der Waals surface area contributed by atoms with E-state index in [-0.39, 0.29) is 16.3 Å². The quantitative estimate of drug-likeness (QED) is 0.806. The van der Waals surface area contributed by atoms with Crippen LogP contribution < -0.4 is 15.8 Å². The number of amides is 2. The molecule has 2 rings (SSSR count). The summed E-state index contributed by atoms with van der Waals surface area (Å²) in [5.41, 5.74) is 4.56. The Morgan fingerprint density at radius 2 is 1.83 bits per heavy atom. The van der Waals surface area contributed by atoms with E-state index in [1.165, 1.54) is 18.2 Å². The average Bonchev–Trinajstić information content (AvgIpc) is 2.54. The largest absolute Gasteiger partial charge is 0.483 e. The zero-order valence-corrected chi connectivity index (χ0v) is 12.7. The Morgan fingerprint density at radius 3 is 2.50 bits per heavy atom. The number of nitrogens with one attached hydrogen (secondary N) is 1. The summed E-state index contributed by atoms with van der Waals surface area (Å²) in [5, 5.41) is 2.26. The molecule has 0 saturated carbocycles. The molecule has 0 aliphatic carbocycles. The minimum absolute atomic E-state index is 0.00666. The number of halogens is 4. The van der Waals surface area contributed by atoms with E-state index in [1.54, 1.807) is 0 Å². The van der Waals surface area contributed by atoms with E-state index in [9.17, 15) is 22.8 Å². The van der Waals surface area contributed by atoms with E-state index < -0.39 is 41.6 Å². The van der Waals surface area contributed by atoms with Gasteiger partial charge in [-0.2, -0.15) is 0 Å². The molecule has 2 aromatic carbocycles. The van der Waals surface area contributed by atoms with Gasteiger partial charge in [0, 0.05) is 5.02 Å². The number of primary amides is 1. The SMILES string of the molecule is NC(=O)c1cc(Cl)ccc1OCC(=O)Nc1ccc(F)c(F)c1F. The van der Waals surface area contributed by atoms with E-state index >= 15 is 0 Å². The van der Waals surface area contributed by atoms with Crippen molar-refractivity contribution in [2.45, 2.75) is 0 Å². The summed E-state index contributed by atoms with van der Waals surface area (Å²) < 4.78 is 44.5. The Kier molecular flexibility index (Phi) is 5.30. The molecule has 0 unspecified atom stereocenters. The smallest absolute Gasteiger partial charge is 0.262 e. The molecule has 0 radical (unpaired) electrons. The van der Waals surface area contributed by atoms with Crippen LogP contribution in [0, 0.1) is 17.5 Å². The lowest BCUT2D eigenvalue weighted by Gasteiger charge is -2.11. The van der Waals surface area contributed by atoms with E-state index in [2.05, 4.69) is 0 Å². The van der Waals surface area contributed by atoms with Crippen molar-refractivity contribution in [2.24, 2.45) is 5.73 Å². The summed E-state index contributed by atoms with van der Waals surface area (Å²) in [7, 11) is 0. The Morgan fingerprint density at radius 1 is 1.12 bits per heavy atom. The summed E-state index contributed by atoms with van der Waals surface area (Å²) in [4.78, 5) is 23.0. The number of hydrogen-bond donors (Lipinski definition) is 2. The molecular formula is C15H10ClF3N2O3. The summed E-state index contributed by atoms with van der Waals surface area (Å²) in [5.74, 6) is -6.30. The second-order valence-electron chi connectivity index (χ2n) is 4.56. The Bertz CT molecular complexity index is 815. The van der Waals surface area contributed by atoms with E-state index in [0.29, 0.717) is 6.07 Å². The highest BCUT2D eigenvalue weighted by atomic mass is 35.5. The van der Waals surface area contributed by atoms with Crippen LogP contribution in [0.5, 0.6) is 5.75 Å². The first-order chi connectivity index (χ1) is 11.3. The summed E-state index contributed by atoms with van der Waals surface area (Å²) in [6.45, 7) is -0.625. The number of benzene rings is 2. The predicted octanol–water partition coefficient (Wildman–Crippen LogP) is 2.87. The number of carbonyl (C=O) groups excluding carboxylic acids is 2. The topological polar surface area (TPSA) is 81.4 Å². The first kappa shape index (κ1) is 17.6. The van der Waals surface area contributed by atoms with Crippen molar-refractivity contribution in [2.75, 3.05) is 11.9 Å². The van der Waals surface area contributed by atoms with Gasteiger partial charge in [-0.15, -0.1) is 0 Å².